The topological polar surface area (TPSA) is 59.4 Å². The van der Waals surface area contributed by atoms with Crippen molar-refractivity contribution in [2.24, 2.45) is 0 Å². The third-order valence-electron chi connectivity index (χ3n) is 5.52. The summed E-state index contributed by atoms with van der Waals surface area (Å²) in [5.41, 5.74) is 4.76. The molecule has 1 aromatic heterocycles. The van der Waals surface area contributed by atoms with Gasteiger partial charge in [0.1, 0.15) is 23.9 Å². The Morgan fingerprint density at radius 1 is 1.10 bits per heavy atom. The lowest BCUT2D eigenvalue weighted by atomic mass is 10.0. The number of benzene rings is 2. The summed E-state index contributed by atoms with van der Waals surface area (Å²) in [5, 5.41) is 6.80. The Morgan fingerprint density at radius 3 is 2.68 bits per heavy atom. The first-order chi connectivity index (χ1) is 15.0. The molecule has 1 amide bonds. The maximum atomic E-state index is 14.7. The fourth-order valence-electron chi connectivity index (χ4n) is 4.04. The Bertz CT molecular complexity index is 1170. The van der Waals surface area contributed by atoms with Crippen molar-refractivity contribution in [3.8, 4) is 22.7 Å². The van der Waals surface area contributed by atoms with Crippen LogP contribution in [0.25, 0.3) is 16.9 Å². The van der Waals surface area contributed by atoms with Crippen molar-refractivity contribution in [1.29, 1.82) is 0 Å². The van der Waals surface area contributed by atoms with E-state index in [0.29, 0.717) is 27.6 Å². The monoisotopic (exact) mass is 444 g/mol. The number of piperidine rings is 1. The average molecular weight is 445 g/mol. The van der Waals surface area contributed by atoms with Gasteiger partial charge in [-0.05, 0) is 43.2 Å². The first-order valence-electron chi connectivity index (χ1n) is 10.1. The second-order valence-corrected chi connectivity index (χ2v) is 8.04. The number of amides is 1. The number of hydrogen-bond donors (Lipinski definition) is 1. The summed E-state index contributed by atoms with van der Waals surface area (Å²) < 4.78 is 35.3. The van der Waals surface area contributed by atoms with Crippen LogP contribution in [0.5, 0.6) is 5.75 Å². The zero-order valence-corrected chi connectivity index (χ0v) is 17.3. The second-order valence-electron chi connectivity index (χ2n) is 7.60. The lowest BCUT2D eigenvalue weighted by molar-refractivity contribution is 0.0741. The summed E-state index contributed by atoms with van der Waals surface area (Å²) in [4.78, 5) is 13.1. The molecule has 0 spiro atoms. The van der Waals surface area contributed by atoms with Gasteiger partial charge in [0.2, 0.25) is 0 Å². The summed E-state index contributed by atoms with van der Waals surface area (Å²) in [5.74, 6) is -1.36. The summed E-state index contributed by atoms with van der Waals surface area (Å²) >= 11 is 6.09. The van der Waals surface area contributed by atoms with Crippen LogP contribution in [0, 0.1) is 11.6 Å². The number of carbonyl (C=O) groups is 1. The van der Waals surface area contributed by atoms with Crippen molar-refractivity contribution < 1.29 is 18.3 Å². The minimum atomic E-state index is -0.782. The van der Waals surface area contributed by atoms with Crippen LogP contribution in [0.1, 0.15) is 35.3 Å². The van der Waals surface area contributed by atoms with Crippen molar-refractivity contribution in [3.63, 3.8) is 0 Å². The van der Waals surface area contributed by atoms with E-state index in [1.54, 1.807) is 18.2 Å². The number of ether oxygens (including phenoxy) is 1. The highest BCUT2D eigenvalue weighted by Gasteiger charge is 2.31. The zero-order valence-electron chi connectivity index (χ0n) is 16.5. The molecule has 31 heavy (non-hydrogen) atoms. The molecule has 6 nitrogen and oxygen atoms in total. The molecule has 2 aliphatic heterocycles. The maximum Gasteiger partial charge on any atom is 0.286 e. The van der Waals surface area contributed by atoms with Crippen molar-refractivity contribution in [1.82, 2.24) is 20.2 Å². The van der Waals surface area contributed by atoms with Crippen LogP contribution in [-0.4, -0.2) is 33.8 Å². The number of fused-ring (bicyclic) bond motifs is 3. The van der Waals surface area contributed by atoms with E-state index in [1.807, 2.05) is 5.01 Å². The Kier molecular flexibility index (Phi) is 5.11. The molecule has 2 aromatic carbocycles. The molecule has 0 saturated carbocycles. The van der Waals surface area contributed by atoms with E-state index < -0.39 is 11.6 Å². The lowest BCUT2D eigenvalue weighted by Crippen LogP contribution is -2.45. The van der Waals surface area contributed by atoms with Crippen LogP contribution < -0.4 is 10.2 Å². The average Bonchev–Trinajstić information content (AvgIpc) is 3.14. The Labute approximate surface area is 182 Å². The Balaban J connectivity index is 1.64. The Hall–Kier alpha value is -2.97. The first-order valence-corrected chi connectivity index (χ1v) is 10.4. The largest absolute Gasteiger partial charge is 0.488 e. The molecule has 1 saturated heterocycles. The quantitative estimate of drug-likeness (QED) is 0.646. The summed E-state index contributed by atoms with van der Waals surface area (Å²) in [6.45, 7) is 1.60. The van der Waals surface area contributed by atoms with Crippen LogP contribution in [0.2, 0.25) is 5.02 Å². The molecule has 160 valence electrons. The van der Waals surface area contributed by atoms with Crippen molar-refractivity contribution in [2.75, 3.05) is 13.1 Å². The fourth-order valence-corrected chi connectivity index (χ4v) is 4.20. The number of rotatable bonds is 3. The number of nitrogens with zero attached hydrogens (tertiary/aromatic N) is 3. The van der Waals surface area contributed by atoms with Gasteiger partial charge < -0.3 is 4.74 Å². The molecular formula is C22H19ClF2N4O2. The van der Waals surface area contributed by atoms with Gasteiger partial charge in [-0.15, -0.1) is 0 Å². The van der Waals surface area contributed by atoms with Crippen molar-refractivity contribution in [2.45, 2.75) is 25.9 Å². The van der Waals surface area contributed by atoms with Gasteiger partial charge in [-0.1, -0.05) is 18.0 Å². The molecule has 0 radical (unpaired) electrons. The standard InChI is InChI=1S/C22H19ClF2N4O2/c23-13-4-6-15-19(10-13)31-12-16-20(22(30)27-28-8-2-1-3-9-28)26-29(21(15)16)18-7-5-14(24)11-17(18)25/h4-7,10-11H,1-3,8-9,12H2,(H,27,30). The number of aromatic nitrogens is 2. The van der Waals surface area contributed by atoms with Gasteiger partial charge in [-0.2, -0.15) is 5.10 Å². The summed E-state index contributed by atoms with van der Waals surface area (Å²) in [6, 6.07) is 8.33. The van der Waals surface area contributed by atoms with Crippen LogP contribution >= 0.6 is 11.6 Å². The fraction of sp³-hybridized carbons (Fsp3) is 0.273. The molecule has 9 heteroatoms. The Morgan fingerprint density at radius 2 is 1.90 bits per heavy atom. The molecule has 0 bridgehead atoms. The second kappa shape index (κ2) is 7.94. The molecule has 3 aromatic rings. The number of nitrogens with one attached hydrogen (secondary N) is 1. The number of carbonyl (C=O) groups excluding carboxylic acids is 1. The van der Waals surface area contributed by atoms with E-state index >= 15 is 0 Å². The predicted octanol–water partition coefficient (Wildman–Crippen LogP) is 4.49. The smallest absolute Gasteiger partial charge is 0.286 e. The van der Waals surface area contributed by atoms with Crippen LogP contribution in [0.4, 0.5) is 8.78 Å². The van der Waals surface area contributed by atoms with Gasteiger partial charge in [-0.3, -0.25) is 10.2 Å². The van der Waals surface area contributed by atoms with Crippen molar-refractivity contribution in [3.05, 3.63) is 64.3 Å². The molecule has 0 atom stereocenters. The molecule has 1 fully saturated rings. The van der Waals surface area contributed by atoms with Gasteiger partial charge in [0, 0.05) is 35.3 Å². The zero-order chi connectivity index (χ0) is 21.5. The van der Waals surface area contributed by atoms with E-state index in [4.69, 9.17) is 16.3 Å². The number of halogens is 3. The van der Waals surface area contributed by atoms with Gasteiger partial charge in [-0.25, -0.2) is 18.5 Å². The number of hydrogen-bond acceptors (Lipinski definition) is 4. The first kappa shape index (κ1) is 20.0. The molecule has 0 aliphatic carbocycles. The van der Waals surface area contributed by atoms with E-state index in [-0.39, 0.29) is 23.9 Å². The number of hydrazine groups is 1. The third-order valence-corrected chi connectivity index (χ3v) is 5.76. The molecule has 1 N–H and O–H groups in total. The van der Waals surface area contributed by atoms with Gasteiger partial charge in [0.05, 0.1) is 5.69 Å². The van der Waals surface area contributed by atoms with E-state index in [1.165, 1.54) is 10.7 Å². The van der Waals surface area contributed by atoms with Crippen molar-refractivity contribution >= 4 is 17.5 Å². The van der Waals surface area contributed by atoms with Gasteiger partial charge in [0.15, 0.2) is 11.5 Å². The minimum Gasteiger partial charge on any atom is -0.488 e. The summed E-state index contributed by atoms with van der Waals surface area (Å²) in [6.07, 6.45) is 3.14. The minimum absolute atomic E-state index is 0.0393. The van der Waals surface area contributed by atoms with E-state index in [0.717, 1.165) is 44.5 Å². The molecular weight excluding hydrogens is 426 g/mol. The SMILES string of the molecule is O=C(NN1CCCCC1)c1nn(-c2ccc(F)cc2F)c2c1COc1cc(Cl)ccc1-2. The maximum absolute atomic E-state index is 14.7. The normalized spacial score (nSPS) is 15.7. The van der Waals surface area contributed by atoms with Crippen LogP contribution in [-0.2, 0) is 6.61 Å². The third kappa shape index (κ3) is 3.66. The molecule has 5 rings (SSSR count). The highest BCUT2D eigenvalue weighted by Crippen LogP contribution is 2.41. The molecule has 3 heterocycles. The highest BCUT2D eigenvalue weighted by atomic mass is 35.5. The van der Waals surface area contributed by atoms with E-state index in [9.17, 15) is 13.6 Å². The lowest BCUT2D eigenvalue weighted by Gasteiger charge is -2.26. The van der Waals surface area contributed by atoms with E-state index in [2.05, 4.69) is 10.5 Å². The predicted molar refractivity (Wildman–Crippen MR) is 111 cm³/mol. The molecule has 0 unspecified atom stereocenters. The highest BCUT2D eigenvalue weighted by molar-refractivity contribution is 6.30. The van der Waals surface area contributed by atoms with Gasteiger partial charge in [0.25, 0.3) is 5.91 Å². The van der Waals surface area contributed by atoms with Gasteiger partial charge >= 0.3 is 0 Å². The van der Waals surface area contributed by atoms with Crippen LogP contribution in [0.3, 0.4) is 0 Å². The van der Waals surface area contributed by atoms with Crippen LogP contribution in [0.15, 0.2) is 36.4 Å². The summed E-state index contributed by atoms with van der Waals surface area (Å²) in [7, 11) is 0. The molecule has 2 aliphatic rings.